The summed E-state index contributed by atoms with van der Waals surface area (Å²) < 4.78 is 7.76. The van der Waals surface area contributed by atoms with Crippen molar-refractivity contribution in [3.05, 3.63) is 77.4 Å². The van der Waals surface area contributed by atoms with Crippen molar-refractivity contribution in [2.75, 3.05) is 31.2 Å². The van der Waals surface area contributed by atoms with E-state index < -0.39 is 0 Å². The average molecular weight is 413 g/mol. The molecule has 4 heteroatoms. The maximum absolute atomic E-state index is 13.3. The monoisotopic (exact) mass is 412 g/mol. The number of ketones is 1. The number of aryl methyl sites for hydroxylation is 2. The third-order valence-corrected chi connectivity index (χ3v) is 6.42. The Morgan fingerprint density at radius 3 is 2.16 bits per heavy atom. The summed E-state index contributed by atoms with van der Waals surface area (Å²) in [5.41, 5.74) is 6.35. The van der Waals surface area contributed by atoms with Crippen LogP contribution in [0, 0.1) is 0 Å². The number of nitrogens with zero attached hydrogens (tertiary/aromatic N) is 2. The largest absolute Gasteiger partial charge is 0.378 e. The van der Waals surface area contributed by atoms with Gasteiger partial charge in [0.25, 0.3) is 0 Å². The maximum Gasteiger partial charge on any atom is 0.193 e. The van der Waals surface area contributed by atoms with E-state index in [1.165, 1.54) is 22.0 Å². The smallest absolute Gasteiger partial charge is 0.193 e. The minimum Gasteiger partial charge on any atom is -0.378 e. The molecule has 0 unspecified atom stereocenters. The summed E-state index contributed by atoms with van der Waals surface area (Å²) in [5, 5.41) is 2.39. The van der Waals surface area contributed by atoms with Crippen LogP contribution in [0.2, 0.25) is 0 Å². The molecule has 4 nitrogen and oxygen atoms in total. The van der Waals surface area contributed by atoms with Gasteiger partial charge in [0, 0.05) is 58.3 Å². The van der Waals surface area contributed by atoms with Crippen molar-refractivity contribution in [3.63, 3.8) is 0 Å². The second kappa shape index (κ2) is 8.20. The molecular weight excluding hydrogens is 384 g/mol. The van der Waals surface area contributed by atoms with E-state index >= 15 is 0 Å². The number of benzene rings is 3. The molecule has 1 fully saturated rings. The molecule has 0 radical (unpaired) electrons. The quantitative estimate of drug-likeness (QED) is 0.409. The van der Waals surface area contributed by atoms with E-state index in [2.05, 4.69) is 53.6 Å². The zero-order chi connectivity index (χ0) is 21.4. The standard InChI is InChI=1S/C27H28N2O2/c1-3-19-5-11-25-23(17-19)24-18-21(8-12-26(24)29(25)4-2)27(30)20-6-9-22(10-7-20)28-13-15-31-16-14-28/h5-12,17-18H,3-4,13-16H2,1-2H3. The molecule has 31 heavy (non-hydrogen) atoms. The molecule has 1 aromatic heterocycles. The zero-order valence-corrected chi connectivity index (χ0v) is 18.2. The Bertz CT molecular complexity index is 1250. The number of fused-ring (bicyclic) bond motifs is 3. The van der Waals surface area contributed by atoms with Gasteiger partial charge in [-0.25, -0.2) is 0 Å². The molecule has 0 spiro atoms. The second-order valence-electron chi connectivity index (χ2n) is 8.16. The van der Waals surface area contributed by atoms with E-state index in [0.29, 0.717) is 0 Å². The molecule has 0 aliphatic carbocycles. The maximum atomic E-state index is 13.3. The number of anilines is 1. The SMILES string of the molecule is CCc1ccc2c(c1)c1cc(C(=O)c3ccc(N4CCOCC4)cc3)ccc1n2CC. The fourth-order valence-corrected chi connectivity index (χ4v) is 4.66. The number of carbonyl (C=O) groups excluding carboxylic acids is 1. The van der Waals surface area contributed by atoms with Gasteiger partial charge in [0.05, 0.1) is 13.2 Å². The average Bonchev–Trinajstić information content (AvgIpc) is 3.16. The lowest BCUT2D eigenvalue weighted by Crippen LogP contribution is -2.36. The van der Waals surface area contributed by atoms with Gasteiger partial charge in [0.15, 0.2) is 5.78 Å². The molecule has 158 valence electrons. The van der Waals surface area contributed by atoms with E-state index in [1.807, 2.05) is 30.3 Å². The molecule has 0 saturated carbocycles. The lowest BCUT2D eigenvalue weighted by atomic mass is 10.00. The topological polar surface area (TPSA) is 34.5 Å². The molecule has 1 aliphatic rings. The zero-order valence-electron chi connectivity index (χ0n) is 18.2. The number of hydrogen-bond acceptors (Lipinski definition) is 3. The van der Waals surface area contributed by atoms with E-state index in [0.717, 1.165) is 61.5 Å². The molecule has 0 amide bonds. The van der Waals surface area contributed by atoms with Crippen LogP contribution in [0.4, 0.5) is 5.69 Å². The highest BCUT2D eigenvalue weighted by Gasteiger charge is 2.16. The Morgan fingerprint density at radius 1 is 0.839 bits per heavy atom. The van der Waals surface area contributed by atoms with Crippen molar-refractivity contribution < 1.29 is 9.53 Å². The lowest BCUT2D eigenvalue weighted by Gasteiger charge is -2.28. The fraction of sp³-hybridized carbons (Fsp3) is 0.296. The predicted octanol–water partition coefficient (Wildman–Crippen LogP) is 5.44. The summed E-state index contributed by atoms with van der Waals surface area (Å²) in [6.07, 6.45) is 1.00. The molecule has 1 aliphatic heterocycles. The van der Waals surface area contributed by atoms with Gasteiger partial charge in [-0.3, -0.25) is 4.79 Å². The van der Waals surface area contributed by atoms with Crippen LogP contribution in [0.5, 0.6) is 0 Å². The third-order valence-electron chi connectivity index (χ3n) is 6.42. The van der Waals surface area contributed by atoms with Gasteiger partial charge in [-0.2, -0.15) is 0 Å². The van der Waals surface area contributed by atoms with Crippen LogP contribution in [0.25, 0.3) is 21.8 Å². The van der Waals surface area contributed by atoms with Crippen LogP contribution in [-0.2, 0) is 17.7 Å². The molecule has 0 N–H and O–H groups in total. The molecular formula is C27H28N2O2. The summed E-state index contributed by atoms with van der Waals surface area (Å²) >= 11 is 0. The van der Waals surface area contributed by atoms with E-state index in [-0.39, 0.29) is 5.78 Å². The number of aromatic nitrogens is 1. The van der Waals surface area contributed by atoms with Gasteiger partial charge >= 0.3 is 0 Å². The number of rotatable bonds is 5. The third kappa shape index (κ3) is 3.51. The fourth-order valence-electron chi connectivity index (χ4n) is 4.66. The van der Waals surface area contributed by atoms with Crippen molar-refractivity contribution in [2.45, 2.75) is 26.8 Å². The number of carbonyl (C=O) groups is 1. The minimum atomic E-state index is 0.0690. The van der Waals surface area contributed by atoms with E-state index in [9.17, 15) is 4.79 Å². The number of morpholine rings is 1. The number of hydrogen-bond donors (Lipinski definition) is 0. The van der Waals surface area contributed by atoms with Gasteiger partial charge < -0.3 is 14.2 Å². The first-order valence-electron chi connectivity index (χ1n) is 11.2. The summed E-state index contributed by atoms with van der Waals surface area (Å²) in [6.45, 7) is 8.55. The van der Waals surface area contributed by atoms with Gasteiger partial charge in [-0.15, -0.1) is 0 Å². The van der Waals surface area contributed by atoms with Crippen molar-refractivity contribution in [2.24, 2.45) is 0 Å². The second-order valence-corrected chi connectivity index (χ2v) is 8.16. The highest BCUT2D eigenvalue weighted by atomic mass is 16.5. The molecule has 3 aromatic carbocycles. The van der Waals surface area contributed by atoms with Gasteiger partial charge in [0.2, 0.25) is 0 Å². The normalized spacial score (nSPS) is 14.5. The van der Waals surface area contributed by atoms with Crippen LogP contribution in [0.1, 0.15) is 35.3 Å². The van der Waals surface area contributed by atoms with Crippen molar-refractivity contribution in [1.82, 2.24) is 4.57 Å². The van der Waals surface area contributed by atoms with Crippen LogP contribution in [0.3, 0.4) is 0 Å². The van der Waals surface area contributed by atoms with Crippen molar-refractivity contribution >= 4 is 33.3 Å². The highest BCUT2D eigenvalue weighted by Crippen LogP contribution is 2.31. The van der Waals surface area contributed by atoms with Gasteiger partial charge in [-0.1, -0.05) is 13.0 Å². The first-order valence-corrected chi connectivity index (χ1v) is 11.2. The Hall–Kier alpha value is -3.11. The van der Waals surface area contributed by atoms with Crippen molar-refractivity contribution in [3.8, 4) is 0 Å². The Balaban J connectivity index is 1.52. The Morgan fingerprint density at radius 2 is 1.48 bits per heavy atom. The lowest BCUT2D eigenvalue weighted by molar-refractivity contribution is 0.103. The molecule has 0 atom stereocenters. The van der Waals surface area contributed by atoms with Gasteiger partial charge in [-0.05, 0) is 73.5 Å². The highest BCUT2D eigenvalue weighted by molar-refractivity contribution is 6.14. The first kappa shape index (κ1) is 19.8. The number of ether oxygens (including phenoxy) is 1. The minimum absolute atomic E-state index is 0.0690. The van der Waals surface area contributed by atoms with Crippen LogP contribution < -0.4 is 4.90 Å². The van der Waals surface area contributed by atoms with Crippen LogP contribution in [0.15, 0.2) is 60.7 Å². The summed E-state index contributed by atoms with van der Waals surface area (Å²) in [6, 6.07) is 20.8. The first-order chi connectivity index (χ1) is 15.2. The van der Waals surface area contributed by atoms with Crippen molar-refractivity contribution in [1.29, 1.82) is 0 Å². The summed E-state index contributed by atoms with van der Waals surface area (Å²) in [5.74, 6) is 0.0690. The Labute approximate surface area is 183 Å². The molecule has 5 rings (SSSR count). The Kier molecular flexibility index (Phi) is 5.24. The van der Waals surface area contributed by atoms with Crippen LogP contribution in [-0.4, -0.2) is 36.7 Å². The molecule has 2 heterocycles. The van der Waals surface area contributed by atoms with E-state index in [1.54, 1.807) is 0 Å². The van der Waals surface area contributed by atoms with Crippen LogP contribution >= 0.6 is 0 Å². The molecule has 4 aromatic rings. The molecule has 1 saturated heterocycles. The summed E-state index contributed by atoms with van der Waals surface area (Å²) in [7, 11) is 0. The summed E-state index contributed by atoms with van der Waals surface area (Å²) in [4.78, 5) is 15.6. The van der Waals surface area contributed by atoms with Gasteiger partial charge in [0.1, 0.15) is 0 Å². The predicted molar refractivity (Wildman–Crippen MR) is 127 cm³/mol. The molecule has 0 bridgehead atoms. The van der Waals surface area contributed by atoms with E-state index in [4.69, 9.17) is 4.74 Å².